The van der Waals surface area contributed by atoms with Crippen LogP contribution < -0.4 is 11.1 Å². The third-order valence-corrected chi connectivity index (χ3v) is 4.39. The van der Waals surface area contributed by atoms with Gasteiger partial charge in [0.15, 0.2) is 0 Å². The van der Waals surface area contributed by atoms with Crippen molar-refractivity contribution in [2.24, 2.45) is 5.73 Å². The molecule has 1 aromatic carbocycles. The van der Waals surface area contributed by atoms with Crippen LogP contribution in [0.25, 0.3) is 0 Å². The van der Waals surface area contributed by atoms with E-state index >= 15 is 0 Å². The fourth-order valence-corrected chi connectivity index (χ4v) is 2.98. The lowest BCUT2D eigenvalue weighted by Gasteiger charge is -2.18. The smallest absolute Gasteiger partial charge is 0.220 e. The molecule has 3 aromatic rings. The summed E-state index contributed by atoms with van der Waals surface area (Å²) in [4.78, 5) is 21.3. The average molecular weight is 360 g/mol. The van der Waals surface area contributed by atoms with Crippen LogP contribution in [0.3, 0.4) is 0 Å². The van der Waals surface area contributed by atoms with Gasteiger partial charge >= 0.3 is 0 Å². The molecule has 0 spiro atoms. The van der Waals surface area contributed by atoms with Crippen LogP contribution in [-0.4, -0.2) is 15.9 Å². The molecule has 1 unspecified atom stereocenters. The topological polar surface area (TPSA) is 80.9 Å². The van der Waals surface area contributed by atoms with E-state index in [1.54, 1.807) is 12.4 Å². The third kappa shape index (κ3) is 5.72. The Balaban J connectivity index is 1.65. The number of carbonyl (C=O) groups excluding carboxylic acids is 1. The molecule has 0 aliphatic rings. The number of nitrogens with one attached hydrogen (secondary N) is 1. The summed E-state index contributed by atoms with van der Waals surface area (Å²) in [5.74, 6) is -0.000245. The Hall–Kier alpha value is -3.05. The van der Waals surface area contributed by atoms with E-state index in [1.807, 2.05) is 54.6 Å². The first-order chi connectivity index (χ1) is 13.2. The quantitative estimate of drug-likeness (QED) is 0.647. The molecule has 0 radical (unpaired) electrons. The summed E-state index contributed by atoms with van der Waals surface area (Å²) >= 11 is 0. The molecule has 2 aromatic heterocycles. The van der Waals surface area contributed by atoms with E-state index in [2.05, 4.69) is 21.4 Å². The van der Waals surface area contributed by atoms with Crippen molar-refractivity contribution in [3.05, 3.63) is 95.6 Å². The number of carbonyl (C=O) groups is 1. The van der Waals surface area contributed by atoms with E-state index in [1.165, 1.54) is 0 Å². The summed E-state index contributed by atoms with van der Waals surface area (Å²) in [6, 6.07) is 19.4. The first kappa shape index (κ1) is 18.7. The SMILES string of the molecule is NCc1cccc(CCC(=O)NC(Cc2ccccn2)c2ccccn2)c1. The van der Waals surface area contributed by atoms with Crippen molar-refractivity contribution < 1.29 is 4.79 Å². The molecule has 0 aliphatic heterocycles. The minimum atomic E-state index is -0.205. The lowest BCUT2D eigenvalue weighted by Crippen LogP contribution is -2.31. The van der Waals surface area contributed by atoms with Gasteiger partial charge in [0, 0.05) is 37.5 Å². The maximum absolute atomic E-state index is 12.6. The molecule has 3 N–H and O–H groups in total. The zero-order valence-electron chi connectivity index (χ0n) is 15.2. The van der Waals surface area contributed by atoms with Gasteiger partial charge in [-0.2, -0.15) is 0 Å². The van der Waals surface area contributed by atoms with Crippen LogP contribution >= 0.6 is 0 Å². The summed E-state index contributed by atoms with van der Waals surface area (Å²) in [6.07, 6.45) is 5.20. The van der Waals surface area contributed by atoms with Crippen molar-refractivity contribution in [1.82, 2.24) is 15.3 Å². The highest BCUT2D eigenvalue weighted by atomic mass is 16.1. The highest BCUT2D eigenvalue weighted by Gasteiger charge is 2.17. The van der Waals surface area contributed by atoms with Crippen molar-refractivity contribution in [3.8, 4) is 0 Å². The molecule has 27 heavy (non-hydrogen) atoms. The van der Waals surface area contributed by atoms with E-state index in [9.17, 15) is 4.79 Å². The van der Waals surface area contributed by atoms with Gasteiger partial charge in [-0.15, -0.1) is 0 Å². The Labute approximate surface area is 159 Å². The number of nitrogens with zero attached hydrogens (tertiary/aromatic N) is 2. The monoisotopic (exact) mass is 360 g/mol. The summed E-state index contributed by atoms with van der Waals surface area (Å²) in [6.45, 7) is 0.506. The number of rotatable bonds is 8. The zero-order valence-corrected chi connectivity index (χ0v) is 15.2. The maximum atomic E-state index is 12.6. The molecule has 3 rings (SSSR count). The minimum Gasteiger partial charge on any atom is -0.347 e. The molecule has 138 valence electrons. The van der Waals surface area contributed by atoms with Crippen LogP contribution in [0.15, 0.2) is 73.1 Å². The van der Waals surface area contributed by atoms with Crippen LogP contribution in [0, 0.1) is 0 Å². The molecule has 0 bridgehead atoms. The van der Waals surface area contributed by atoms with Crippen molar-refractivity contribution in [1.29, 1.82) is 0 Å². The van der Waals surface area contributed by atoms with Gasteiger partial charge in [0.25, 0.3) is 0 Å². The Kier molecular flexibility index (Phi) is 6.66. The number of aryl methyl sites for hydroxylation is 1. The predicted molar refractivity (Wildman–Crippen MR) is 106 cm³/mol. The van der Waals surface area contributed by atoms with Crippen molar-refractivity contribution >= 4 is 5.91 Å². The maximum Gasteiger partial charge on any atom is 0.220 e. The third-order valence-electron chi connectivity index (χ3n) is 4.39. The zero-order chi connectivity index (χ0) is 18.9. The molecule has 0 saturated heterocycles. The first-order valence-electron chi connectivity index (χ1n) is 9.12. The summed E-state index contributed by atoms with van der Waals surface area (Å²) in [5, 5.41) is 3.11. The lowest BCUT2D eigenvalue weighted by molar-refractivity contribution is -0.121. The van der Waals surface area contributed by atoms with Crippen LogP contribution in [0.2, 0.25) is 0 Å². The van der Waals surface area contributed by atoms with Gasteiger partial charge in [-0.05, 0) is 41.8 Å². The summed E-state index contributed by atoms with van der Waals surface area (Å²) < 4.78 is 0. The van der Waals surface area contributed by atoms with Gasteiger partial charge < -0.3 is 11.1 Å². The molecule has 1 atom stereocenters. The van der Waals surface area contributed by atoms with E-state index in [0.29, 0.717) is 25.8 Å². The number of benzene rings is 1. The lowest BCUT2D eigenvalue weighted by atomic mass is 10.0. The van der Waals surface area contributed by atoms with Crippen molar-refractivity contribution in [2.45, 2.75) is 31.8 Å². The minimum absolute atomic E-state index is 0.000245. The van der Waals surface area contributed by atoms with Crippen LogP contribution in [0.4, 0.5) is 0 Å². The van der Waals surface area contributed by atoms with Gasteiger partial charge in [-0.25, -0.2) is 0 Å². The van der Waals surface area contributed by atoms with E-state index in [-0.39, 0.29) is 11.9 Å². The van der Waals surface area contributed by atoms with Crippen molar-refractivity contribution in [3.63, 3.8) is 0 Å². The number of nitrogens with two attached hydrogens (primary N) is 1. The first-order valence-corrected chi connectivity index (χ1v) is 9.12. The average Bonchev–Trinajstić information content (AvgIpc) is 2.73. The highest BCUT2D eigenvalue weighted by molar-refractivity contribution is 5.76. The molecule has 5 heteroatoms. The number of hydrogen-bond donors (Lipinski definition) is 2. The summed E-state index contributed by atoms with van der Waals surface area (Å²) in [5.41, 5.74) is 9.64. The number of amides is 1. The molecule has 2 heterocycles. The van der Waals surface area contributed by atoms with Gasteiger partial charge in [0.2, 0.25) is 5.91 Å². The standard InChI is InChI=1S/C22H24N4O/c23-16-18-7-5-6-17(14-18)10-11-22(27)26-21(20-9-2-4-13-25-20)15-19-8-1-3-12-24-19/h1-9,12-14,21H,10-11,15-16,23H2,(H,26,27). The fourth-order valence-electron chi connectivity index (χ4n) is 2.98. The second-order valence-electron chi connectivity index (χ2n) is 6.42. The number of aromatic nitrogens is 2. The molecule has 1 amide bonds. The molecule has 0 saturated carbocycles. The Morgan fingerprint density at radius 2 is 1.74 bits per heavy atom. The summed E-state index contributed by atoms with van der Waals surface area (Å²) in [7, 11) is 0. The van der Waals surface area contributed by atoms with Gasteiger partial charge in [-0.3, -0.25) is 14.8 Å². The fraction of sp³-hybridized carbons (Fsp3) is 0.227. The number of pyridine rings is 2. The van der Waals surface area contributed by atoms with Crippen LogP contribution in [0.5, 0.6) is 0 Å². The predicted octanol–water partition coefficient (Wildman–Crippen LogP) is 2.97. The van der Waals surface area contributed by atoms with Crippen molar-refractivity contribution in [2.75, 3.05) is 0 Å². The molecular weight excluding hydrogens is 336 g/mol. The molecule has 0 aliphatic carbocycles. The Bertz CT molecular complexity index is 852. The molecular formula is C22H24N4O. The van der Waals surface area contributed by atoms with E-state index < -0.39 is 0 Å². The largest absolute Gasteiger partial charge is 0.347 e. The number of hydrogen-bond acceptors (Lipinski definition) is 4. The molecule has 0 fully saturated rings. The normalized spacial score (nSPS) is 11.7. The Morgan fingerprint density at radius 1 is 0.963 bits per heavy atom. The highest BCUT2D eigenvalue weighted by Crippen LogP contribution is 2.16. The van der Waals surface area contributed by atoms with Crippen LogP contribution in [0.1, 0.15) is 35.0 Å². The second-order valence-corrected chi connectivity index (χ2v) is 6.42. The molecule has 5 nitrogen and oxygen atoms in total. The van der Waals surface area contributed by atoms with Gasteiger partial charge in [0.1, 0.15) is 0 Å². The van der Waals surface area contributed by atoms with E-state index in [4.69, 9.17) is 5.73 Å². The van der Waals surface area contributed by atoms with Crippen LogP contribution in [-0.2, 0) is 24.2 Å². The second kappa shape index (κ2) is 9.59. The van der Waals surface area contributed by atoms with Gasteiger partial charge in [-0.1, -0.05) is 36.4 Å². The van der Waals surface area contributed by atoms with Gasteiger partial charge in [0.05, 0.1) is 11.7 Å². The Morgan fingerprint density at radius 3 is 2.44 bits per heavy atom. The van der Waals surface area contributed by atoms with E-state index in [0.717, 1.165) is 22.5 Å².